The Labute approximate surface area is 172 Å². The molecule has 0 amide bonds. The number of hydrogen-bond donors (Lipinski definition) is 0. The van der Waals surface area contributed by atoms with Crippen LogP contribution < -0.4 is 29.6 Å². The third kappa shape index (κ3) is 20.0. The smallest absolute Gasteiger partial charge is 1.00 e. The van der Waals surface area contributed by atoms with Crippen molar-refractivity contribution < 1.29 is 50.0 Å². The van der Waals surface area contributed by atoms with E-state index >= 15 is 0 Å². The molecule has 4 nitrogen and oxygen atoms in total. The van der Waals surface area contributed by atoms with E-state index in [9.17, 15) is 9.59 Å². The van der Waals surface area contributed by atoms with Gasteiger partial charge in [-0.25, -0.2) is 0 Å². The molecule has 0 unspecified atom stereocenters. The van der Waals surface area contributed by atoms with Crippen LogP contribution in [0.3, 0.4) is 0 Å². The van der Waals surface area contributed by atoms with Crippen LogP contribution >= 0.6 is 0 Å². The van der Waals surface area contributed by atoms with Gasteiger partial charge in [0.15, 0.2) is 0 Å². The van der Waals surface area contributed by atoms with Crippen molar-refractivity contribution in [3.8, 4) is 0 Å². The zero-order chi connectivity index (χ0) is 17.2. The summed E-state index contributed by atoms with van der Waals surface area (Å²) >= 11 is 0. The molecular weight excluding hydrogens is 315 g/mol. The molecule has 0 spiro atoms. The van der Waals surface area contributed by atoms with E-state index in [2.05, 4.69) is 6.92 Å². The molecule has 0 bridgehead atoms. The Hall–Kier alpha value is -0.0600. The van der Waals surface area contributed by atoms with Crippen LogP contribution in [0.15, 0.2) is 0 Å². The van der Waals surface area contributed by atoms with Gasteiger partial charge in [-0.15, -0.1) is 0 Å². The molecule has 0 atom stereocenters. The van der Waals surface area contributed by atoms with Crippen molar-refractivity contribution in [3.63, 3.8) is 0 Å². The van der Waals surface area contributed by atoms with Gasteiger partial charge in [0.2, 0.25) is 0 Å². The summed E-state index contributed by atoms with van der Waals surface area (Å²) in [6.07, 6.45) is 13.7. The van der Waals surface area contributed by atoms with Gasteiger partial charge in [-0.3, -0.25) is 9.59 Å². The number of ether oxygens (including phenoxy) is 2. The minimum atomic E-state index is -0.317. The van der Waals surface area contributed by atoms with Gasteiger partial charge in [-0.2, -0.15) is 0 Å². The fourth-order valence-electron chi connectivity index (χ4n) is 2.34. The second-order valence-corrected chi connectivity index (χ2v) is 6.12. The predicted molar refractivity (Wildman–Crippen MR) is 94.4 cm³/mol. The van der Waals surface area contributed by atoms with Gasteiger partial charge in [0.05, 0.1) is 26.1 Å². The molecule has 5 heteroatoms. The molecule has 24 heavy (non-hydrogen) atoms. The second-order valence-electron chi connectivity index (χ2n) is 6.12. The minimum Gasteiger partial charge on any atom is -1.00 e. The fourth-order valence-corrected chi connectivity index (χ4v) is 2.34. The van der Waals surface area contributed by atoms with E-state index in [1.54, 1.807) is 0 Å². The Bertz CT molecular complexity index is 301. The summed E-state index contributed by atoms with van der Waals surface area (Å²) in [4.78, 5) is 22.7. The number of carbonyl (C=O) groups excluding carboxylic acids is 2. The molecular formula is C19H37NaO4. The number of carbonyl (C=O) groups is 2. The summed E-state index contributed by atoms with van der Waals surface area (Å²) in [5, 5.41) is 0. The number of rotatable bonds is 16. The first-order valence-electron chi connectivity index (χ1n) is 9.52. The van der Waals surface area contributed by atoms with E-state index < -0.39 is 0 Å². The van der Waals surface area contributed by atoms with E-state index in [1.807, 2.05) is 6.92 Å². The maximum Gasteiger partial charge on any atom is 1.00 e. The van der Waals surface area contributed by atoms with Crippen LogP contribution in [0.5, 0.6) is 0 Å². The van der Waals surface area contributed by atoms with Gasteiger partial charge in [-0.05, 0) is 12.8 Å². The van der Waals surface area contributed by atoms with Crippen molar-refractivity contribution in [2.24, 2.45) is 0 Å². The molecule has 0 rings (SSSR count). The monoisotopic (exact) mass is 352 g/mol. The first-order chi connectivity index (χ1) is 11.2. The summed E-state index contributed by atoms with van der Waals surface area (Å²) in [6, 6.07) is 0. The molecule has 0 aliphatic carbocycles. The van der Waals surface area contributed by atoms with Crippen LogP contribution in [0.25, 0.3) is 0 Å². The third-order valence-electron chi connectivity index (χ3n) is 3.76. The van der Waals surface area contributed by atoms with Crippen molar-refractivity contribution in [2.45, 2.75) is 97.3 Å². The maximum atomic E-state index is 11.5. The fraction of sp³-hybridized carbons (Fsp3) is 0.895. The van der Waals surface area contributed by atoms with E-state index in [1.165, 1.54) is 51.4 Å². The molecule has 0 fully saturated rings. The molecule has 0 aliphatic rings. The van der Waals surface area contributed by atoms with Crippen LogP contribution in [-0.2, 0) is 19.1 Å². The SMILES string of the molecule is CCCCCCCCCCCCOC(=O)CCC(=O)OCCC.[H-].[Na+]. The molecule has 0 saturated carbocycles. The Morgan fingerprint density at radius 2 is 1.04 bits per heavy atom. The first kappa shape index (κ1) is 26.2. The molecule has 0 saturated heterocycles. The Morgan fingerprint density at radius 3 is 1.50 bits per heavy atom. The Kier molecular flexibility index (Phi) is 22.9. The van der Waals surface area contributed by atoms with E-state index in [0.717, 1.165) is 19.3 Å². The molecule has 0 aromatic heterocycles. The third-order valence-corrected chi connectivity index (χ3v) is 3.76. The summed E-state index contributed by atoms with van der Waals surface area (Å²) < 4.78 is 10.0. The van der Waals surface area contributed by atoms with Gasteiger partial charge in [-0.1, -0.05) is 71.6 Å². The predicted octanol–water partition coefficient (Wildman–Crippen LogP) is 2.30. The molecule has 0 radical (unpaired) electrons. The first-order valence-corrected chi connectivity index (χ1v) is 9.52. The summed E-state index contributed by atoms with van der Waals surface area (Å²) in [6.45, 7) is 5.07. The van der Waals surface area contributed by atoms with Crippen LogP contribution in [0.4, 0.5) is 0 Å². The summed E-state index contributed by atoms with van der Waals surface area (Å²) in [7, 11) is 0. The van der Waals surface area contributed by atoms with Crippen molar-refractivity contribution >= 4 is 11.9 Å². The van der Waals surface area contributed by atoms with Gasteiger partial charge in [0, 0.05) is 0 Å². The number of unbranched alkanes of at least 4 members (excludes halogenated alkanes) is 9. The topological polar surface area (TPSA) is 52.6 Å². The largest absolute Gasteiger partial charge is 1.00 e. The van der Waals surface area contributed by atoms with Crippen molar-refractivity contribution in [2.75, 3.05) is 13.2 Å². The Morgan fingerprint density at radius 1 is 0.625 bits per heavy atom. The average molecular weight is 352 g/mol. The number of esters is 2. The molecule has 0 aromatic rings. The van der Waals surface area contributed by atoms with E-state index in [4.69, 9.17) is 9.47 Å². The summed E-state index contributed by atoms with van der Waals surface area (Å²) in [5.74, 6) is -0.614. The van der Waals surface area contributed by atoms with Gasteiger partial charge in [0.1, 0.15) is 0 Å². The van der Waals surface area contributed by atoms with Crippen molar-refractivity contribution in [1.29, 1.82) is 0 Å². The molecule has 0 N–H and O–H groups in total. The van der Waals surface area contributed by atoms with Gasteiger partial charge >= 0.3 is 41.5 Å². The Balaban J connectivity index is -0.00000242. The minimum absolute atomic E-state index is 0. The van der Waals surface area contributed by atoms with Gasteiger partial charge in [0.25, 0.3) is 0 Å². The van der Waals surface area contributed by atoms with E-state index in [-0.39, 0.29) is 55.8 Å². The zero-order valence-corrected chi connectivity index (χ0v) is 18.2. The number of hydrogen-bond acceptors (Lipinski definition) is 4. The second kappa shape index (κ2) is 21.0. The molecule has 0 aromatic carbocycles. The average Bonchev–Trinajstić information content (AvgIpc) is 2.56. The zero-order valence-electron chi connectivity index (χ0n) is 17.2. The van der Waals surface area contributed by atoms with Crippen LogP contribution in [-0.4, -0.2) is 25.2 Å². The standard InChI is InChI=1S/C19H36O4.Na.H/c1-3-5-6-7-8-9-10-11-12-13-17-23-19(21)15-14-18(20)22-16-4-2;;/h3-17H2,1-2H3;;/q;+1;-1. The van der Waals surface area contributed by atoms with Crippen LogP contribution in [0.1, 0.15) is 98.7 Å². The molecule has 138 valence electrons. The summed E-state index contributed by atoms with van der Waals surface area (Å²) in [5.41, 5.74) is 0. The van der Waals surface area contributed by atoms with E-state index in [0.29, 0.717) is 13.2 Å². The normalized spacial score (nSPS) is 10.1. The van der Waals surface area contributed by atoms with Gasteiger partial charge < -0.3 is 10.9 Å². The molecule has 0 aliphatic heterocycles. The molecule has 0 heterocycles. The van der Waals surface area contributed by atoms with Crippen molar-refractivity contribution in [1.82, 2.24) is 0 Å². The quantitative estimate of drug-likeness (QED) is 0.243. The maximum absolute atomic E-state index is 11.5. The van der Waals surface area contributed by atoms with Crippen LogP contribution in [0.2, 0.25) is 0 Å². The van der Waals surface area contributed by atoms with Crippen LogP contribution in [0, 0.1) is 0 Å². The van der Waals surface area contributed by atoms with Crippen molar-refractivity contribution in [3.05, 3.63) is 0 Å².